The van der Waals surface area contributed by atoms with Gasteiger partial charge in [-0.2, -0.15) is 0 Å². The van der Waals surface area contributed by atoms with Crippen molar-refractivity contribution in [1.29, 1.82) is 0 Å². The van der Waals surface area contributed by atoms with E-state index in [0.29, 0.717) is 0 Å². The number of rotatable bonds is 4. The number of carbonyl (C=O) groups is 1. The van der Waals surface area contributed by atoms with E-state index >= 15 is 0 Å². The largest absolute Gasteiger partial charge is 0.298 e. The molecule has 0 bridgehead atoms. The van der Waals surface area contributed by atoms with Crippen molar-refractivity contribution in [2.24, 2.45) is 0 Å². The van der Waals surface area contributed by atoms with Crippen LogP contribution in [0.3, 0.4) is 0 Å². The van der Waals surface area contributed by atoms with Crippen LogP contribution in [0.5, 0.6) is 0 Å². The highest BCUT2D eigenvalue weighted by atomic mass is 16.1. The van der Waals surface area contributed by atoms with E-state index in [-0.39, 0.29) is 0 Å². The van der Waals surface area contributed by atoms with Gasteiger partial charge in [-0.3, -0.25) is 4.79 Å². The van der Waals surface area contributed by atoms with E-state index in [0.717, 1.165) is 31.1 Å². The molecule has 0 spiro atoms. The summed E-state index contributed by atoms with van der Waals surface area (Å²) in [4.78, 5) is 11.1. The first-order chi connectivity index (χ1) is 8.22. The van der Waals surface area contributed by atoms with Gasteiger partial charge in [-0.05, 0) is 63.2 Å². The molecule has 1 aliphatic carbocycles. The summed E-state index contributed by atoms with van der Waals surface area (Å²) in [6.45, 7) is 6.14. The SMILES string of the molecule is C\C=C/C(=C\C(C)=C/C)C1=C(C=O)CCCC1. The summed E-state index contributed by atoms with van der Waals surface area (Å²) >= 11 is 0. The fourth-order valence-electron chi connectivity index (χ4n) is 2.13. The molecular weight excluding hydrogens is 208 g/mol. The number of aldehydes is 1. The van der Waals surface area contributed by atoms with Crippen LogP contribution < -0.4 is 0 Å². The molecule has 0 amide bonds. The van der Waals surface area contributed by atoms with E-state index in [1.807, 2.05) is 19.9 Å². The maximum Gasteiger partial charge on any atom is 0.146 e. The van der Waals surface area contributed by atoms with Crippen molar-refractivity contribution in [1.82, 2.24) is 0 Å². The van der Waals surface area contributed by atoms with Crippen molar-refractivity contribution in [2.45, 2.75) is 46.5 Å². The quantitative estimate of drug-likeness (QED) is 0.512. The Labute approximate surface area is 105 Å². The Balaban J connectivity index is 3.18. The third kappa shape index (κ3) is 3.85. The molecule has 1 rings (SSSR count). The minimum absolute atomic E-state index is 0.933. The molecular formula is C16H22O. The fourth-order valence-corrected chi connectivity index (χ4v) is 2.13. The lowest BCUT2D eigenvalue weighted by molar-refractivity contribution is -0.105. The van der Waals surface area contributed by atoms with Crippen LogP contribution in [0.4, 0.5) is 0 Å². The van der Waals surface area contributed by atoms with Gasteiger partial charge in [-0.15, -0.1) is 0 Å². The van der Waals surface area contributed by atoms with Crippen LogP contribution in [0.1, 0.15) is 46.5 Å². The monoisotopic (exact) mass is 230 g/mol. The maximum absolute atomic E-state index is 11.1. The van der Waals surface area contributed by atoms with Crippen molar-refractivity contribution in [3.05, 3.63) is 46.6 Å². The third-order valence-electron chi connectivity index (χ3n) is 3.19. The molecule has 0 aromatic rings. The second kappa shape index (κ2) is 7.05. The number of hydrogen-bond donors (Lipinski definition) is 0. The first-order valence-electron chi connectivity index (χ1n) is 6.37. The molecule has 0 aliphatic heterocycles. The van der Waals surface area contributed by atoms with Gasteiger partial charge in [-0.1, -0.05) is 29.9 Å². The van der Waals surface area contributed by atoms with Gasteiger partial charge < -0.3 is 0 Å². The molecule has 0 aromatic carbocycles. The van der Waals surface area contributed by atoms with Crippen LogP contribution in [0.25, 0.3) is 0 Å². The number of hydrogen-bond acceptors (Lipinski definition) is 1. The highest BCUT2D eigenvalue weighted by Crippen LogP contribution is 2.30. The van der Waals surface area contributed by atoms with E-state index in [9.17, 15) is 4.79 Å². The van der Waals surface area contributed by atoms with E-state index in [1.165, 1.54) is 23.1 Å². The van der Waals surface area contributed by atoms with Crippen LogP contribution in [0.15, 0.2) is 46.6 Å². The lowest BCUT2D eigenvalue weighted by Crippen LogP contribution is -2.03. The van der Waals surface area contributed by atoms with E-state index in [1.54, 1.807) is 0 Å². The van der Waals surface area contributed by atoms with Gasteiger partial charge in [0.05, 0.1) is 0 Å². The zero-order valence-electron chi connectivity index (χ0n) is 11.1. The van der Waals surface area contributed by atoms with Crippen LogP contribution in [-0.4, -0.2) is 6.29 Å². The van der Waals surface area contributed by atoms with Gasteiger partial charge in [0.15, 0.2) is 0 Å². The molecule has 0 N–H and O–H groups in total. The average molecular weight is 230 g/mol. The third-order valence-corrected chi connectivity index (χ3v) is 3.19. The Morgan fingerprint density at radius 2 is 1.88 bits per heavy atom. The Morgan fingerprint density at radius 3 is 2.47 bits per heavy atom. The van der Waals surface area contributed by atoms with Crippen LogP contribution >= 0.6 is 0 Å². The molecule has 1 nitrogen and oxygen atoms in total. The van der Waals surface area contributed by atoms with Crippen molar-refractivity contribution in [2.75, 3.05) is 0 Å². The molecule has 1 heteroatoms. The Hall–Kier alpha value is -1.37. The molecule has 0 saturated heterocycles. The minimum atomic E-state index is 0.933. The second-order valence-corrected chi connectivity index (χ2v) is 4.46. The van der Waals surface area contributed by atoms with Crippen molar-refractivity contribution in [3.63, 3.8) is 0 Å². The average Bonchev–Trinajstić information content (AvgIpc) is 2.38. The van der Waals surface area contributed by atoms with Crippen LogP contribution in [-0.2, 0) is 4.79 Å². The zero-order chi connectivity index (χ0) is 12.7. The molecule has 0 radical (unpaired) electrons. The van der Waals surface area contributed by atoms with E-state index < -0.39 is 0 Å². The van der Waals surface area contributed by atoms with Crippen molar-refractivity contribution >= 4 is 6.29 Å². The molecule has 0 fully saturated rings. The predicted molar refractivity (Wildman–Crippen MR) is 73.9 cm³/mol. The molecule has 0 saturated carbocycles. The Bertz CT molecular complexity index is 392. The molecule has 17 heavy (non-hydrogen) atoms. The minimum Gasteiger partial charge on any atom is -0.298 e. The smallest absolute Gasteiger partial charge is 0.146 e. The van der Waals surface area contributed by atoms with Gasteiger partial charge in [-0.25, -0.2) is 0 Å². The Kier molecular flexibility index (Phi) is 5.68. The zero-order valence-corrected chi connectivity index (χ0v) is 11.1. The summed E-state index contributed by atoms with van der Waals surface area (Å²) in [5, 5.41) is 0. The van der Waals surface area contributed by atoms with Gasteiger partial charge in [0.1, 0.15) is 6.29 Å². The summed E-state index contributed by atoms with van der Waals surface area (Å²) in [6, 6.07) is 0. The molecule has 0 heterocycles. The highest BCUT2D eigenvalue weighted by Gasteiger charge is 2.14. The summed E-state index contributed by atoms with van der Waals surface area (Å²) in [5.41, 5.74) is 4.67. The topological polar surface area (TPSA) is 17.1 Å². The number of carbonyl (C=O) groups excluding carboxylic acids is 1. The van der Waals surface area contributed by atoms with Crippen LogP contribution in [0, 0.1) is 0 Å². The first-order valence-corrected chi connectivity index (χ1v) is 6.37. The van der Waals surface area contributed by atoms with Crippen LogP contribution in [0.2, 0.25) is 0 Å². The summed E-state index contributed by atoms with van der Waals surface area (Å²) in [6.07, 6.45) is 13.7. The molecule has 92 valence electrons. The lowest BCUT2D eigenvalue weighted by Gasteiger charge is -2.18. The first kappa shape index (κ1) is 13.7. The Morgan fingerprint density at radius 1 is 1.18 bits per heavy atom. The molecule has 0 atom stereocenters. The fraction of sp³-hybridized carbons (Fsp3) is 0.438. The standard InChI is InChI=1S/C16H22O/c1-4-8-14(11-13(3)5-2)16-10-7-6-9-15(16)12-17/h4-5,8,11-12H,6-7,9-10H2,1-3H3/b8-4-,13-5-,14-11+. The molecule has 1 aliphatic rings. The van der Waals surface area contributed by atoms with E-state index in [2.05, 4.69) is 25.2 Å². The second-order valence-electron chi connectivity index (χ2n) is 4.46. The highest BCUT2D eigenvalue weighted by molar-refractivity contribution is 5.77. The summed E-state index contributed by atoms with van der Waals surface area (Å²) in [7, 11) is 0. The molecule has 0 aromatic heterocycles. The summed E-state index contributed by atoms with van der Waals surface area (Å²) in [5.74, 6) is 0. The predicted octanol–water partition coefficient (Wildman–Crippen LogP) is 4.52. The summed E-state index contributed by atoms with van der Waals surface area (Å²) < 4.78 is 0. The van der Waals surface area contributed by atoms with Crippen molar-refractivity contribution < 1.29 is 4.79 Å². The maximum atomic E-state index is 11.1. The van der Waals surface area contributed by atoms with Gasteiger partial charge in [0, 0.05) is 0 Å². The molecule has 0 unspecified atom stereocenters. The van der Waals surface area contributed by atoms with E-state index in [4.69, 9.17) is 0 Å². The number of allylic oxidation sites excluding steroid dienone is 8. The van der Waals surface area contributed by atoms with Gasteiger partial charge in [0.2, 0.25) is 0 Å². The normalized spacial score (nSPS) is 19.0. The van der Waals surface area contributed by atoms with Gasteiger partial charge >= 0.3 is 0 Å². The lowest BCUT2D eigenvalue weighted by atomic mass is 9.87. The van der Waals surface area contributed by atoms with Crippen molar-refractivity contribution in [3.8, 4) is 0 Å². The van der Waals surface area contributed by atoms with Gasteiger partial charge in [0.25, 0.3) is 0 Å².